The summed E-state index contributed by atoms with van der Waals surface area (Å²) >= 11 is 5.41. The van der Waals surface area contributed by atoms with E-state index in [1.165, 1.54) is 0 Å². The van der Waals surface area contributed by atoms with Gasteiger partial charge in [-0.2, -0.15) is 0 Å². The smallest absolute Gasteiger partial charge is 0.239 e. The number of hydrogen-bond acceptors (Lipinski definition) is 4. The zero-order chi connectivity index (χ0) is 14.7. The van der Waals surface area contributed by atoms with E-state index in [1.807, 2.05) is 0 Å². The van der Waals surface area contributed by atoms with E-state index in [0.29, 0.717) is 12.3 Å². The van der Waals surface area contributed by atoms with Crippen molar-refractivity contribution in [2.24, 2.45) is 5.73 Å². The average Bonchev–Trinajstić information content (AvgIpc) is 2.37. The number of hydrogen-bond donors (Lipinski definition) is 4. The Hall–Kier alpha value is -1.83. The summed E-state index contributed by atoms with van der Waals surface area (Å²) in [4.78, 5) is 43.8. The van der Waals surface area contributed by atoms with E-state index in [4.69, 9.17) is 17.3 Å². The molecule has 0 spiro atoms. The number of primary amides is 1. The molecular weight excluding hydrogens is 276 g/mol. The Bertz CT molecular complexity index is 348. The molecule has 4 amide bonds. The van der Waals surface area contributed by atoms with Gasteiger partial charge in [0.15, 0.2) is 0 Å². The van der Waals surface area contributed by atoms with Crippen LogP contribution in [0.3, 0.4) is 0 Å². The highest BCUT2D eigenvalue weighted by molar-refractivity contribution is 6.17. The molecule has 108 valence electrons. The maximum Gasteiger partial charge on any atom is 0.239 e. The lowest BCUT2D eigenvalue weighted by Gasteiger charge is -2.06. The number of carbonyl (C=O) groups excluding carboxylic acids is 4. The number of alkyl halides is 1. The summed E-state index contributed by atoms with van der Waals surface area (Å²) in [6.45, 7) is -0.794. The molecule has 0 saturated heterocycles. The van der Waals surface area contributed by atoms with Crippen molar-refractivity contribution in [3.63, 3.8) is 0 Å². The number of carbonyl (C=O) groups is 4. The van der Waals surface area contributed by atoms with Gasteiger partial charge in [-0.15, -0.1) is 11.6 Å². The van der Waals surface area contributed by atoms with Crippen LogP contribution in [0.25, 0.3) is 0 Å². The molecule has 0 radical (unpaired) electrons. The first-order valence-electron chi connectivity index (χ1n) is 5.60. The van der Waals surface area contributed by atoms with Gasteiger partial charge in [0.25, 0.3) is 0 Å². The minimum absolute atomic E-state index is 0.218. The van der Waals surface area contributed by atoms with Crippen LogP contribution in [-0.2, 0) is 19.2 Å². The topological polar surface area (TPSA) is 130 Å². The van der Waals surface area contributed by atoms with E-state index in [9.17, 15) is 19.2 Å². The maximum atomic E-state index is 11.2. The summed E-state index contributed by atoms with van der Waals surface area (Å²) < 4.78 is 0. The van der Waals surface area contributed by atoms with Gasteiger partial charge in [0.2, 0.25) is 23.6 Å². The van der Waals surface area contributed by atoms with Crippen LogP contribution in [0.1, 0.15) is 12.8 Å². The SMILES string of the molecule is NC(=O)CNC(=O)CNC(=O)CNC(=O)CCCCl. The lowest BCUT2D eigenvalue weighted by Crippen LogP contribution is -2.43. The highest BCUT2D eigenvalue weighted by Crippen LogP contribution is 1.90. The minimum Gasteiger partial charge on any atom is -0.368 e. The Kier molecular flexibility index (Phi) is 9.15. The predicted molar refractivity (Wildman–Crippen MR) is 68.2 cm³/mol. The molecule has 0 heterocycles. The molecule has 0 bridgehead atoms. The molecule has 0 fully saturated rings. The van der Waals surface area contributed by atoms with Gasteiger partial charge in [-0.3, -0.25) is 19.2 Å². The molecule has 0 atom stereocenters. The standard InChI is InChI=1S/C10H17ClN4O4/c11-3-1-2-8(17)14-5-10(19)15-6-9(18)13-4-7(12)16/h1-6H2,(H2,12,16)(H,13,18)(H,14,17)(H,15,19). The molecule has 0 aromatic rings. The van der Waals surface area contributed by atoms with Crippen LogP contribution >= 0.6 is 11.6 Å². The normalized spacial score (nSPS) is 9.53. The molecule has 0 unspecified atom stereocenters. The molecule has 0 saturated carbocycles. The third-order valence-corrected chi connectivity index (χ3v) is 2.16. The van der Waals surface area contributed by atoms with Crippen molar-refractivity contribution in [3.05, 3.63) is 0 Å². The Morgan fingerprint density at radius 1 is 0.842 bits per heavy atom. The molecule has 0 aromatic heterocycles. The zero-order valence-corrected chi connectivity index (χ0v) is 11.1. The largest absolute Gasteiger partial charge is 0.368 e. The fourth-order valence-electron chi connectivity index (χ4n) is 0.984. The summed E-state index contributed by atoms with van der Waals surface area (Å²) in [6.07, 6.45) is 0.778. The first-order valence-corrected chi connectivity index (χ1v) is 6.13. The van der Waals surface area contributed by atoms with Gasteiger partial charge in [0.1, 0.15) is 0 Å². The van der Waals surface area contributed by atoms with Crippen molar-refractivity contribution in [2.45, 2.75) is 12.8 Å². The van der Waals surface area contributed by atoms with Crippen LogP contribution in [0.5, 0.6) is 0 Å². The first-order chi connectivity index (χ1) is 8.95. The second-order valence-electron chi connectivity index (χ2n) is 3.59. The van der Waals surface area contributed by atoms with E-state index in [2.05, 4.69) is 16.0 Å². The van der Waals surface area contributed by atoms with Gasteiger partial charge in [-0.05, 0) is 6.42 Å². The fraction of sp³-hybridized carbons (Fsp3) is 0.600. The predicted octanol–water partition coefficient (Wildman–Crippen LogP) is -2.16. The van der Waals surface area contributed by atoms with Crippen molar-refractivity contribution in [2.75, 3.05) is 25.5 Å². The highest BCUT2D eigenvalue weighted by atomic mass is 35.5. The van der Waals surface area contributed by atoms with Gasteiger partial charge in [0.05, 0.1) is 19.6 Å². The van der Waals surface area contributed by atoms with Gasteiger partial charge < -0.3 is 21.7 Å². The molecule has 19 heavy (non-hydrogen) atoms. The van der Waals surface area contributed by atoms with Crippen LogP contribution in [0, 0.1) is 0 Å². The van der Waals surface area contributed by atoms with Gasteiger partial charge >= 0.3 is 0 Å². The van der Waals surface area contributed by atoms with E-state index in [1.54, 1.807) is 0 Å². The summed E-state index contributed by atoms with van der Waals surface area (Å²) in [5, 5.41) is 6.85. The second kappa shape index (κ2) is 10.1. The molecule has 0 aliphatic carbocycles. The fourth-order valence-corrected chi connectivity index (χ4v) is 1.12. The van der Waals surface area contributed by atoms with Crippen molar-refractivity contribution in [3.8, 4) is 0 Å². The molecule has 0 aromatic carbocycles. The van der Waals surface area contributed by atoms with Gasteiger partial charge in [-0.1, -0.05) is 0 Å². The third-order valence-electron chi connectivity index (χ3n) is 1.89. The Morgan fingerprint density at radius 3 is 1.79 bits per heavy atom. The van der Waals surface area contributed by atoms with E-state index in [0.717, 1.165) is 0 Å². The Balaban J connectivity index is 3.66. The Morgan fingerprint density at radius 2 is 1.32 bits per heavy atom. The zero-order valence-electron chi connectivity index (χ0n) is 10.3. The molecule has 0 aliphatic rings. The highest BCUT2D eigenvalue weighted by Gasteiger charge is 2.07. The summed E-state index contributed by atoms with van der Waals surface area (Å²) in [6, 6.07) is 0. The minimum atomic E-state index is -0.675. The van der Waals surface area contributed by atoms with Gasteiger partial charge in [0, 0.05) is 12.3 Å². The summed E-state index contributed by atoms with van der Waals surface area (Å²) in [5.74, 6) is -1.63. The summed E-state index contributed by atoms with van der Waals surface area (Å²) in [7, 11) is 0. The molecule has 8 nitrogen and oxygen atoms in total. The number of halogens is 1. The summed E-state index contributed by atoms with van der Waals surface area (Å²) in [5.41, 5.74) is 4.82. The maximum absolute atomic E-state index is 11.2. The Labute approximate surface area is 115 Å². The number of rotatable bonds is 9. The van der Waals surface area contributed by atoms with E-state index in [-0.39, 0.29) is 32.0 Å². The molecule has 9 heteroatoms. The number of nitrogens with one attached hydrogen (secondary N) is 3. The lowest BCUT2D eigenvalue weighted by atomic mass is 10.3. The van der Waals surface area contributed by atoms with Crippen LogP contribution in [0.4, 0.5) is 0 Å². The van der Waals surface area contributed by atoms with Crippen molar-refractivity contribution in [1.82, 2.24) is 16.0 Å². The van der Waals surface area contributed by atoms with Crippen molar-refractivity contribution < 1.29 is 19.2 Å². The van der Waals surface area contributed by atoms with E-state index >= 15 is 0 Å². The lowest BCUT2D eigenvalue weighted by molar-refractivity contribution is -0.128. The monoisotopic (exact) mass is 292 g/mol. The van der Waals surface area contributed by atoms with Crippen LogP contribution in [-0.4, -0.2) is 49.1 Å². The number of amides is 4. The van der Waals surface area contributed by atoms with Gasteiger partial charge in [-0.25, -0.2) is 0 Å². The molecule has 0 rings (SSSR count). The number of nitrogens with two attached hydrogens (primary N) is 1. The van der Waals surface area contributed by atoms with Crippen molar-refractivity contribution in [1.29, 1.82) is 0 Å². The van der Waals surface area contributed by atoms with E-state index < -0.39 is 17.7 Å². The quantitative estimate of drug-likeness (QED) is 0.361. The van der Waals surface area contributed by atoms with Crippen LogP contribution in [0.2, 0.25) is 0 Å². The van der Waals surface area contributed by atoms with Crippen molar-refractivity contribution >= 4 is 35.2 Å². The molecule has 5 N–H and O–H groups in total. The van der Waals surface area contributed by atoms with Crippen LogP contribution in [0.15, 0.2) is 0 Å². The molecular formula is C10H17ClN4O4. The average molecular weight is 293 g/mol. The third kappa shape index (κ3) is 11.0. The van der Waals surface area contributed by atoms with Crippen LogP contribution < -0.4 is 21.7 Å². The first kappa shape index (κ1) is 17.2. The molecule has 0 aliphatic heterocycles. The second-order valence-corrected chi connectivity index (χ2v) is 3.97.